The Morgan fingerprint density at radius 3 is 2.79 bits per heavy atom. The second-order valence-corrected chi connectivity index (χ2v) is 4.83. The van der Waals surface area contributed by atoms with Crippen molar-refractivity contribution in [3.05, 3.63) is 46.8 Å². The first-order chi connectivity index (χ1) is 9.11. The number of aromatic hydroxyl groups is 1. The molecule has 2 N–H and O–H groups in total. The van der Waals surface area contributed by atoms with E-state index in [1.54, 1.807) is 12.1 Å². The molecule has 0 unspecified atom stereocenters. The van der Waals surface area contributed by atoms with Crippen LogP contribution in [0.5, 0.6) is 5.75 Å². The molecule has 2 aromatic rings. The molecule has 0 aliphatic heterocycles. The first-order valence-corrected chi connectivity index (χ1v) is 6.57. The maximum atomic E-state index is 9.50. The van der Waals surface area contributed by atoms with Gasteiger partial charge in [0.2, 0.25) is 0 Å². The van der Waals surface area contributed by atoms with E-state index in [4.69, 9.17) is 0 Å². The number of likely N-dealkylation sites (N-methyl/N-ethyl adjacent to an activating group) is 1. The first-order valence-electron chi connectivity index (χ1n) is 6.57. The highest BCUT2D eigenvalue weighted by Gasteiger charge is 2.11. The van der Waals surface area contributed by atoms with Crippen molar-refractivity contribution in [3.8, 4) is 5.75 Å². The van der Waals surface area contributed by atoms with Crippen LogP contribution in [0.3, 0.4) is 0 Å². The average molecular weight is 259 g/mol. The fourth-order valence-electron chi connectivity index (χ4n) is 2.33. The highest BCUT2D eigenvalue weighted by atomic mass is 16.3. The summed E-state index contributed by atoms with van der Waals surface area (Å²) in [5.41, 5.74) is 4.67. The third-order valence-corrected chi connectivity index (χ3v) is 3.40. The Morgan fingerprint density at radius 1 is 1.32 bits per heavy atom. The van der Waals surface area contributed by atoms with Gasteiger partial charge in [0.25, 0.3) is 0 Å². The predicted molar refractivity (Wildman–Crippen MR) is 76.5 cm³/mol. The standard InChI is InChI=1S/C15H21N3O/c1-11-15(7-8-16-3)12(2)18(17-11)10-13-5-4-6-14(19)9-13/h4-6,9,16,19H,7-8,10H2,1-3H3. The van der Waals surface area contributed by atoms with Crippen LogP contribution in [0.25, 0.3) is 0 Å². The number of nitrogens with one attached hydrogen (secondary N) is 1. The van der Waals surface area contributed by atoms with Crippen LogP contribution in [0.4, 0.5) is 0 Å². The predicted octanol–water partition coefficient (Wildman–Crippen LogP) is 2.02. The maximum absolute atomic E-state index is 9.50. The molecule has 0 atom stereocenters. The Kier molecular flexibility index (Phi) is 4.22. The molecule has 0 aliphatic carbocycles. The molecule has 0 spiro atoms. The average Bonchev–Trinajstić information content (AvgIpc) is 2.62. The second kappa shape index (κ2) is 5.89. The molecule has 19 heavy (non-hydrogen) atoms. The third kappa shape index (κ3) is 3.15. The molecule has 0 radical (unpaired) electrons. The van der Waals surface area contributed by atoms with E-state index in [2.05, 4.69) is 24.3 Å². The number of phenolic OH excluding ortho intramolecular Hbond substituents is 1. The summed E-state index contributed by atoms with van der Waals surface area (Å²) in [6.07, 6.45) is 0.994. The van der Waals surface area contributed by atoms with Crippen molar-refractivity contribution < 1.29 is 5.11 Å². The van der Waals surface area contributed by atoms with Gasteiger partial charge in [-0.15, -0.1) is 0 Å². The van der Waals surface area contributed by atoms with Gasteiger partial charge in [-0.25, -0.2) is 0 Å². The SMILES string of the molecule is CNCCc1c(C)nn(Cc2cccc(O)c2)c1C. The monoisotopic (exact) mass is 259 g/mol. The van der Waals surface area contributed by atoms with E-state index in [9.17, 15) is 5.11 Å². The highest BCUT2D eigenvalue weighted by molar-refractivity contribution is 5.29. The molecular formula is C15H21N3O. The minimum absolute atomic E-state index is 0.300. The van der Waals surface area contributed by atoms with Crippen LogP contribution in [0.1, 0.15) is 22.5 Å². The molecule has 4 nitrogen and oxygen atoms in total. The molecular weight excluding hydrogens is 238 g/mol. The number of hydrogen-bond acceptors (Lipinski definition) is 3. The van der Waals surface area contributed by atoms with Crippen molar-refractivity contribution in [2.45, 2.75) is 26.8 Å². The summed E-state index contributed by atoms with van der Waals surface area (Å²) in [4.78, 5) is 0. The van der Waals surface area contributed by atoms with E-state index in [-0.39, 0.29) is 0 Å². The van der Waals surface area contributed by atoms with Gasteiger partial charge >= 0.3 is 0 Å². The van der Waals surface area contributed by atoms with E-state index >= 15 is 0 Å². The topological polar surface area (TPSA) is 50.1 Å². The molecule has 0 fully saturated rings. The lowest BCUT2D eigenvalue weighted by atomic mass is 10.1. The van der Waals surface area contributed by atoms with Crippen molar-refractivity contribution in [3.63, 3.8) is 0 Å². The Hall–Kier alpha value is -1.81. The first kappa shape index (κ1) is 13.6. The van der Waals surface area contributed by atoms with E-state index in [1.165, 1.54) is 11.3 Å². The van der Waals surface area contributed by atoms with E-state index < -0.39 is 0 Å². The Labute approximate surface area is 114 Å². The summed E-state index contributed by atoms with van der Waals surface area (Å²) in [7, 11) is 1.96. The smallest absolute Gasteiger partial charge is 0.115 e. The lowest BCUT2D eigenvalue weighted by Gasteiger charge is -2.06. The number of aromatic nitrogens is 2. The van der Waals surface area contributed by atoms with Gasteiger partial charge in [-0.05, 0) is 57.1 Å². The molecule has 1 aromatic heterocycles. The zero-order valence-corrected chi connectivity index (χ0v) is 11.8. The summed E-state index contributed by atoms with van der Waals surface area (Å²) in [6, 6.07) is 7.33. The Balaban J connectivity index is 2.21. The zero-order chi connectivity index (χ0) is 13.8. The summed E-state index contributed by atoms with van der Waals surface area (Å²) >= 11 is 0. The normalized spacial score (nSPS) is 10.9. The van der Waals surface area contributed by atoms with Crippen LogP contribution in [0.15, 0.2) is 24.3 Å². The Morgan fingerprint density at radius 2 is 2.11 bits per heavy atom. The summed E-state index contributed by atoms with van der Waals surface area (Å²) in [5.74, 6) is 0.300. The van der Waals surface area contributed by atoms with Crippen LogP contribution in [0, 0.1) is 13.8 Å². The van der Waals surface area contributed by atoms with Crippen molar-refractivity contribution in [1.82, 2.24) is 15.1 Å². The second-order valence-electron chi connectivity index (χ2n) is 4.83. The summed E-state index contributed by atoms with van der Waals surface area (Å²) < 4.78 is 2.01. The molecule has 0 aliphatic rings. The van der Waals surface area contributed by atoms with E-state index in [1.807, 2.05) is 23.9 Å². The number of aryl methyl sites for hydroxylation is 1. The van der Waals surface area contributed by atoms with Crippen LogP contribution in [-0.2, 0) is 13.0 Å². The highest BCUT2D eigenvalue weighted by Crippen LogP contribution is 2.17. The number of rotatable bonds is 5. The van der Waals surface area contributed by atoms with Gasteiger partial charge in [-0.2, -0.15) is 5.10 Å². The van der Waals surface area contributed by atoms with Crippen LogP contribution < -0.4 is 5.32 Å². The quantitative estimate of drug-likeness (QED) is 0.863. The molecule has 0 saturated heterocycles. The van der Waals surface area contributed by atoms with Gasteiger partial charge in [0.15, 0.2) is 0 Å². The fraction of sp³-hybridized carbons (Fsp3) is 0.400. The van der Waals surface area contributed by atoms with Crippen LogP contribution in [-0.4, -0.2) is 28.5 Å². The minimum Gasteiger partial charge on any atom is -0.508 e. The van der Waals surface area contributed by atoms with Crippen LogP contribution >= 0.6 is 0 Å². The molecule has 1 heterocycles. The number of hydrogen-bond donors (Lipinski definition) is 2. The van der Waals surface area contributed by atoms with Crippen molar-refractivity contribution in [2.75, 3.05) is 13.6 Å². The third-order valence-electron chi connectivity index (χ3n) is 3.40. The number of nitrogens with zero attached hydrogens (tertiary/aromatic N) is 2. The van der Waals surface area contributed by atoms with Gasteiger partial charge < -0.3 is 10.4 Å². The van der Waals surface area contributed by atoms with E-state index in [0.29, 0.717) is 12.3 Å². The van der Waals surface area contributed by atoms with Crippen LogP contribution in [0.2, 0.25) is 0 Å². The molecule has 0 bridgehead atoms. The molecule has 1 aromatic carbocycles. The van der Waals surface area contributed by atoms with Crippen molar-refractivity contribution in [1.29, 1.82) is 0 Å². The molecule has 0 amide bonds. The number of benzene rings is 1. The van der Waals surface area contributed by atoms with Crippen molar-refractivity contribution in [2.24, 2.45) is 0 Å². The van der Waals surface area contributed by atoms with E-state index in [0.717, 1.165) is 24.2 Å². The lowest BCUT2D eigenvalue weighted by Crippen LogP contribution is -2.11. The van der Waals surface area contributed by atoms with Gasteiger partial charge in [-0.1, -0.05) is 12.1 Å². The Bertz CT molecular complexity index is 561. The van der Waals surface area contributed by atoms with Crippen molar-refractivity contribution >= 4 is 0 Å². The molecule has 4 heteroatoms. The zero-order valence-electron chi connectivity index (χ0n) is 11.8. The molecule has 0 saturated carbocycles. The molecule has 102 valence electrons. The van der Waals surface area contributed by atoms with Gasteiger partial charge in [0, 0.05) is 5.69 Å². The van der Waals surface area contributed by atoms with Gasteiger partial charge in [0.05, 0.1) is 12.2 Å². The summed E-state index contributed by atoms with van der Waals surface area (Å²) in [5, 5.41) is 17.3. The summed E-state index contributed by atoms with van der Waals surface area (Å²) in [6.45, 7) is 5.81. The van der Waals surface area contributed by atoms with Gasteiger partial charge in [0.1, 0.15) is 5.75 Å². The lowest BCUT2D eigenvalue weighted by molar-refractivity contribution is 0.474. The largest absolute Gasteiger partial charge is 0.508 e. The fourth-order valence-corrected chi connectivity index (χ4v) is 2.33. The minimum atomic E-state index is 0.300. The molecule has 2 rings (SSSR count). The maximum Gasteiger partial charge on any atom is 0.115 e. The number of phenols is 1. The van der Waals surface area contributed by atoms with Gasteiger partial charge in [-0.3, -0.25) is 4.68 Å².